The lowest BCUT2D eigenvalue weighted by atomic mass is 9.68. The van der Waals surface area contributed by atoms with Gasteiger partial charge in [-0.05, 0) is 162 Å². The number of benzene rings is 4. The molecule has 3 heterocycles. The van der Waals surface area contributed by atoms with Crippen molar-refractivity contribution in [1.82, 2.24) is 4.57 Å². The van der Waals surface area contributed by atoms with Gasteiger partial charge in [-0.25, -0.2) is 0 Å². The summed E-state index contributed by atoms with van der Waals surface area (Å²) >= 11 is 0. The molecule has 0 amide bonds. The normalized spacial score (nSPS) is 18.2. The van der Waals surface area contributed by atoms with Crippen molar-refractivity contribution in [2.75, 3.05) is 0 Å². The van der Waals surface area contributed by atoms with E-state index in [4.69, 9.17) is 18.6 Å². The minimum atomic E-state index is -0.412. The van der Waals surface area contributed by atoms with Gasteiger partial charge in [0.2, 0.25) is 0 Å². The predicted octanol–water partition coefficient (Wildman–Crippen LogP) is 17.4. The van der Waals surface area contributed by atoms with E-state index in [0.29, 0.717) is 0 Å². The van der Waals surface area contributed by atoms with Gasteiger partial charge < -0.3 is 23.2 Å². The minimum absolute atomic E-state index is 0.0994. The summed E-state index contributed by atoms with van der Waals surface area (Å²) in [5, 5.41) is 2.71. The average molecular weight is 976 g/mol. The molecule has 3 aliphatic rings. The van der Waals surface area contributed by atoms with Crippen molar-refractivity contribution >= 4 is 47.0 Å². The number of nitrogens with zero attached hydrogens (tertiary/aromatic N) is 1. The smallest absolute Gasteiger partial charge is 0.399 e. The van der Waals surface area contributed by atoms with Gasteiger partial charge in [-0.15, -0.1) is 0 Å². The highest BCUT2D eigenvalue weighted by atomic mass is 16.7. The fourth-order valence-electron chi connectivity index (χ4n) is 12.4. The summed E-state index contributed by atoms with van der Waals surface area (Å²) in [6.07, 6.45) is 29.6. The highest BCUT2D eigenvalue weighted by Crippen LogP contribution is 2.56. The number of para-hydroxylation sites is 1. The number of unbranched alkanes of at least 4 members (excludes halogenated alkanes) is 16. The van der Waals surface area contributed by atoms with Crippen LogP contribution < -0.4 is 10.9 Å². The number of aryl methyl sites for hydroxylation is 2. The molecule has 72 heavy (non-hydrogen) atoms. The van der Waals surface area contributed by atoms with Crippen molar-refractivity contribution in [2.45, 2.75) is 265 Å². The van der Waals surface area contributed by atoms with E-state index in [1.165, 1.54) is 182 Å². The molecule has 0 saturated carbocycles. The van der Waals surface area contributed by atoms with Crippen LogP contribution in [0.3, 0.4) is 0 Å². The third-order valence-corrected chi connectivity index (χ3v) is 18.3. The Labute approximate surface area is 439 Å². The summed E-state index contributed by atoms with van der Waals surface area (Å²) in [5.41, 5.74) is 13.2. The molecule has 5 aromatic rings. The molecule has 1 aromatic heterocycles. The molecule has 2 aliphatic heterocycles. The summed E-state index contributed by atoms with van der Waals surface area (Å²) in [6, 6.07) is 27.0. The number of rotatable bonds is 27. The van der Waals surface area contributed by atoms with E-state index in [1.807, 2.05) is 0 Å². The van der Waals surface area contributed by atoms with E-state index in [-0.39, 0.29) is 5.41 Å². The van der Waals surface area contributed by atoms with Gasteiger partial charge in [0.25, 0.3) is 0 Å². The number of hydrogen-bond acceptors (Lipinski definition) is 4. The molecule has 1 aliphatic carbocycles. The van der Waals surface area contributed by atoms with Crippen molar-refractivity contribution in [3.63, 3.8) is 0 Å². The molecule has 5 nitrogen and oxygen atoms in total. The maximum Gasteiger partial charge on any atom is 0.495 e. The number of aromatic nitrogens is 1. The van der Waals surface area contributed by atoms with E-state index < -0.39 is 36.6 Å². The Kier molecular flexibility index (Phi) is 17.7. The molecule has 0 atom stereocenters. The molecule has 8 rings (SSSR count). The van der Waals surface area contributed by atoms with Crippen LogP contribution >= 0.6 is 0 Å². The van der Waals surface area contributed by atoms with Gasteiger partial charge in [-0.2, -0.15) is 0 Å². The standard InChI is InChI=1S/C65H95B2NO4/c1-13-17-21-25-27-33-41-65(42-34-28-26-22-18-14-2)55-45-50(66-69-61(5,6)62(7,8)70-66)39-40-51(55)53-47-60-54(46-56(53)65)52-37-31-32-38-58(52)68(60)59-44-48(35-29-23-19-15-3)57(43-49(59)36-30-24-20-16-4)67-71-63(9,10)64(11,12)72-67/h31-32,37-40,43-47H,13-30,33-36,41-42H2,1-12H3. The molecule has 2 saturated heterocycles. The second-order valence-electron chi connectivity index (χ2n) is 24.7. The van der Waals surface area contributed by atoms with Gasteiger partial charge >= 0.3 is 14.2 Å². The zero-order valence-corrected chi connectivity index (χ0v) is 47.6. The average Bonchev–Trinajstić information content (AvgIpc) is 3.97. The highest BCUT2D eigenvalue weighted by Gasteiger charge is 2.54. The molecule has 4 aromatic carbocycles. The number of fused-ring (bicyclic) bond motifs is 6. The van der Waals surface area contributed by atoms with E-state index in [9.17, 15) is 0 Å². The van der Waals surface area contributed by atoms with Crippen LogP contribution in [0.4, 0.5) is 0 Å². The summed E-state index contributed by atoms with van der Waals surface area (Å²) < 4.78 is 30.1. The van der Waals surface area contributed by atoms with Crippen LogP contribution in [0.5, 0.6) is 0 Å². The summed E-state index contributed by atoms with van der Waals surface area (Å²) in [5.74, 6) is 0. The van der Waals surface area contributed by atoms with Crippen molar-refractivity contribution in [2.24, 2.45) is 0 Å². The first-order valence-corrected chi connectivity index (χ1v) is 29.6. The maximum absolute atomic E-state index is 6.91. The predicted molar refractivity (Wildman–Crippen MR) is 310 cm³/mol. The lowest BCUT2D eigenvalue weighted by Gasteiger charge is -2.33. The van der Waals surface area contributed by atoms with Gasteiger partial charge in [0.05, 0.1) is 33.4 Å². The lowest BCUT2D eigenvalue weighted by molar-refractivity contribution is 0.00578. The molecule has 0 N–H and O–H groups in total. The van der Waals surface area contributed by atoms with Crippen molar-refractivity contribution in [3.8, 4) is 16.8 Å². The van der Waals surface area contributed by atoms with E-state index >= 15 is 0 Å². The Morgan fingerprint density at radius 2 is 0.903 bits per heavy atom. The van der Waals surface area contributed by atoms with Crippen LogP contribution in [-0.2, 0) is 36.9 Å². The second kappa shape index (κ2) is 23.3. The molecule has 7 heteroatoms. The first kappa shape index (κ1) is 54.9. The highest BCUT2D eigenvalue weighted by molar-refractivity contribution is 6.63. The van der Waals surface area contributed by atoms with E-state index in [0.717, 1.165) is 44.0 Å². The van der Waals surface area contributed by atoms with Crippen LogP contribution in [0.25, 0.3) is 38.6 Å². The van der Waals surface area contributed by atoms with Crippen LogP contribution in [-0.4, -0.2) is 41.2 Å². The Morgan fingerprint density at radius 3 is 1.47 bits per heavy atom. The third kappa shape index (κ3) is 11.1. The fourth-order valence-corrected chi connectivity index (χ4v) is 12.4. The molecule has 0 unspecified atom stereocenters. The molecular formula is C65H95B2NO4. The van der Waals surface area contributed by atoms with E-state index in [1.54, 1.807) is 0 Å². The SMILES string of the molecule is CCCCCCCCC1(CCCCCCCC)c2cc(B3OC(C)(C)C(C)(C)O3)ccc2-c2cc3c(cc21)c1ccccc1n3-c1cc(CCCCCC)c(B2OC(C)(C)C(C)(C)O2)cc1CCCCCC. The molecule has 2 fully saturated rings. The van der Waals surface area contributed by atoms with Gasteiger partial charge in [0.15, 0.2) is 0 Å². The summed E-state index contributed by atoms with van der Waals surface area (Å²) in [6.45, 7) is 26.8. The van der Waals surface area contributed by atoms with Gasteiger partial charge in [0, 0.05) is 21.9 Å². The minimum Gasteiger partial charge on any atom is -0.399 e. The Hall–Kier alpha value is -3.35. The van der Waals surface area contributed by atoms with Gasteiger partial charge in [-0.1, -0.05) is 186 Å². The fraction of sp³-hybridized carbons (Fsp3) is 0.631. The molecule has 0 spiro atoms. The Balaban J connectivity index is 1.34. The topological polar surface area (TPSA) is 41.9 Å². The summed E-state index contributed by atoms with van der Waals surface area (Å²) in [7, 11) is -0.796. The monoisotopic (exact) mass is 976 g/mol. The van der Waals surface area contributed by atoms with Crippen LogP contribution in [0.1, 0.15) is 247 Å². The summed E-state index contributed by atoms with van der Waals surface area (Å²) in [4.78, 5) is 0. The zero-order chi connectivity index (χ0) is 51.3. The maximum atomic E-state index is 6.91. The first-order chi connectivity index (χ1) is 34.5. The van der Waals surface area contributed by atoms with Crippen molar-refractivity contribution in [3.05, 3.63) is 89.0 Å². The van der Waals surface area contributed by atoms with Crippen LogP contribution in [0, 0.1) is 0 Å². The van der Waals surface area contributed by atoms with Gasteiger partial charge in [-0.3, -0.25) is 0 Å². The second-order valence-corrected chi connectivity index (χ2v) is 24.7. The first-order valence-electron chi connectivity index (χ1n) is 29.6. The lowest BCUT2D eigenvalue weighted by Crippen LogP contribution is -2.41. The van der Waals surface area contributed by atoms with Crippen LogP contribution in [0.15, 0.2) is 66.7 Å². The molecule has 0 radical (unpaired) electrons. The largest absolute Gasteiger partial charge is 0.495 e. The van der Waals surface area contributed by atoms with Crippen molar-refractivity contribution in [1.29, 1.82) is 0 Å². The Morgan fingerprint density at radius 1 is 0.417 bits per heavy atom. The third-order valence-electron chi connectivity index (χ3n) is 18.3. The quantitative estimate of drug-likeness (QED) is 0.0388. The van der Waals surface area contributed by atoms with Crippen LogP contribution in [0.2, 0.25) is 0 Å². The number of hydrogen-bond donors (Lipinski definition) is 0. The zero-order valence-electron chi connectivity index (χ0n) is 47.6. The van der Waals surface area contributed by atoms with Crippen molar-refractivity contribution < 1.29 is 18.6 Å². The molecule has 390 valence electrons. The molecular weight excluding hydrogens is 880 g/mol. The van der Waals surface area contributed by atoms with Gasteiger partial charge in [0.1, 0.15) is 0 Å². The Bertz CT molecular complexity index is 2550. The van der Waals surface area contributed by atoms with E-state index in [2.05, 4.69) is 154 Å². The molecule has 0 bridgehead atoms.